The lowest BCUT2D eigenvalue weighted by molar-refractivity contribution is -0.149. The molecule has 0 aliphatic carbocycles. The van der Waals surface area contributed by atoms with E-state index in [4.69, 9.17) is 38.9 Å². The molecule has 0 saturated carbocycles. The lowest BCUT2D eigenvalue weighted by Crippen LogP contribution is -2.60. The second-order valence-electron chi connectivity index (χ2n) is 12.0. The third kappa shape index (κ3) is 16.2. The molecule has 0 radical (unpaired) electrons. The van der Waals surface area contributed by atoms with Crippen molar-refractivity contribution in [2.75, 3.05) is 39.4 Å². The summed E-state index contributed by atoms with van der Waals surface area (Å²) in [5.41, 5.74) is 21.8. The molecule has 51 heavy (non-hydrogen) atoms. The van der Waals surface area contributed by atoms with E-state index in [1.807, 2.05) is 0 Å². The fraction of sp³-hybridized carbons (Fsp3) is 0.724. The van der Waals surface area contributed by atoms with Crippen molar-refractivity contribution in [3.63, 3.8) is 0 Å². The smallest absolute Gasteiger partial charge is 0.326 e. The summed E-state index contributed by atoms with van der Waals surface area (Å²) in [4.78, 5) is 79.2. The second-order valence-corrected chi connectivity index (χ2v) is 12.0. The average Bonchev–Trinajstić information content (AvgIpc) is 3.58. The molecular weight excluding hydrogens is 674 g/mol. The quantitative estimate of drug-likeness (QED) is 0.0250. The normalized spacial score (nSPS) is 16.8. The Kier molecular flexibility index (Phi) is 20.4. The van der Waals surface area contributed by atoms with Crippen LogP contribution < -0.4 is 54.8 Å². The molecule has 0 unspecified atom stereocenters. The molecule has 22 heteroatoms. The maximum Gasteiger partial charge on any atom is 0.326 e. The van der Waals surface area contributed by atoms with Gasteiger partial charge in [0.05, 0.1) is 13.2 Å². The number of hydrogen-bond donors (Lipinski definition) is 15. The van der Waals surface area contributed by atoms with Crippen molar-refractivity contribution in [2.24, 2.45) is 22.9 Å². The predicted molar refractivity (Wildman–Crippen MR) is 183 cm³/mol. The molecule has 1 rings (SSSR count). The highest BCUT2D eigenvalue weighted by molar-refractivity contribution is 5.96. The Balaban J connectivity index is 3.30. The van der Waals surface area contributed by atoms with Crippen LogP contribution in [0.5, 0.6) is 0 Å². The molecule has 1 aliphatic heterocycles. The molecule has 1 heterocycles. The van der Waals surface area contributed by atoms with Gasteiger partial charge in [0, 0.05) is 19.6 Å². The number of carboxylic acid groups (broad SMARTS) is 1. The summed E-state index contributed by atoms with van der Waals surface area (Å²) in [5, 5.41) is 58.2. The summed E-state index contributed by atoms with van der Waals surface area (Å²) in [6, 6.07) is -7.77. The highest BCUT2D eigenvalue weighted by atomic mass is 16.4. The Labute approximate surface area is 295 Å². The first-order valence-electron chi connectivity index (χ1n) is 16.7. The number of unbranched alkanes of at least 4 members (excludes halogenated alkanes) is 1. The van der Waals surface area contributed by atoms with E-state index in [-0.39, 0.29) is 70.1 Å². The first-order chi connectivity index (χ1) is 24.2. The largest absolute Gasteiger partial charge is 0.480 e. The molecule has 0 aromatic rings. The highest BCUT2D eigenvalue weighted by Gasteiger charge is 2.38. The van der Waals surface area contributed by atoms with Crippen molar-refractivity contribution in [1.29, 1.82) is 10.8 Å². The van der Waals surface area contributed by atoms with Gasteiger partial charge in [0.2, 0.25) is 29.5 Å². The van der Waals surface area contributed by atoms with Crippen molar-refractivity contribution >= 4 is 47.4 Å². The molecule has 1 saturated heterocycles. The second kappa shape index (κ2) is 23.6. The van der Waals surface area contributed by atoms with Gasteiger partial charge < -0.3 is 75.1 Å². The molecule has 0 aromatic carbocycles. The van der Waals surface area contributed by atoms with Crippen LogP contribution >= 0.6 is 0 Å². The van der Waals surface area contributed by atoms with Gasteiger partial charge in [0.1, 0.15) is 36.3 Å². The fourth-order valence-corrected chi connectivity index (χ4v) is 5.21. The average molecular weight is 730 g/mol. The Hall–Kier alpha value is -4.80. The first-order valence-corrected chi connectivity index (χ1v) is 16.7. The van der Waals surface area contributed by atoms with Crippen LogP contribution in [0.25, 0.3) is 0 Å². The van der Waals surface area contributed by atoms with Gasteiger partial charge in [-0.25, -0.2) is 4.79 Å². The third-order valence-corrected chi connectivity index (χ3v) is 7.97. The van der Waals surface area contributed by atoms with Gasteiger partial charge in [0.25, 0.3) is 0 Å². The van der Waals surface area contributed by atoms with Gasteiger partial charge >= 0.3 is 5.97 Å². The van der Waals surface area contributed by atoms with E-state index >= 15 is 0 Å². The zero-order valence-corrected chi connectivity index (χ0v) is 28.6. The number of rotatable bonds is 24. The summed E-state index contributed by atoms with van der Waals surface area (Å²) in [6.45, 7) is -0.834. The van der Waals surface area contributed by atoms with Crippen LogP contribution in [0.4, 0.5) is 0 Å². The van der Waals surface area contributed by atoms with Crippen LogP contribution in [0.1, 0.15) is 57.8 Å². The van der Waals surface area contributed by atoms with Crippen molar-refractivity contribution in [1.82, 2.24) is 36.8 Å². The van der Waals surface area contributed by atoms with Gasteiger partial charge in [-0.15, -0.1) is 0 Å². The monoisotopic (exact) mass is 729 g/mol. The maximum absolute atomic E-state index is 13.8. The molecule has 1 fully saturated rings. The number of nitrogens with zero attached hydrogens (tertiary/aromatic N) is 1. The molecule has 1 aliphatic rings. The van der Waals surface area contributed by atoms with Crippen molar-refractivity contribution in [3.05, 3.63) is 0 Å². The van der Waals surface area contributed by atoms with E-state index in [1.165, 1.54) is 4.90 Å². The molecule has 22 nitrogen and oxygen atoms in total. The van der Waals surface area contributed by atoms with Crippen molar-refractivity contribution < 1.29 is 44.1 Å². The number of hydrogen-bond acceptors (Lipinski definition) is 12. The van der Waals surface area contributed by atoms with Crippen molar-refractivity contribution in [2.45, 2.75) is 94.0 Å². The number of nitrogens with one attached hydrogen (secondary N) is 8. The third-order valence-electron chi connectivity index (χ3n) is 7.97. The van der Waals surface area contributed by atoms with E-state index < -0.39 is 85.0 Å². The minimum absolute atomic E-state index is 0.0239. The Morgan fingerprint density at radius 1 is 0.706 bits per heavy atom. The molecular formula is C29H55N13O9. The lowest BCUT2D eigenvalue weighted by Gasteiger charge is -2.29. The highest BCUT2D eigenvalue weighted by Crippen LogP contribution is 2.20. The Bertz CT molecular complexity index is 1210. The molecule has 290 valence electrons. The van der Waals surface area contributed by atoms with Gasteiger partial charge in [-0.05, 0) is 64.3 Å². The first kappa shape index (κ1) is 44.2. The summed E-state index contributed by atoms with van der Waals surface area (Å²) in [7, 11) is 0. The molecule has 0 bridgehead atoms. The molecule has 0 spiro atoms. The van der Waals surface area contributed by atoms with Gasteiger partial charge in [0.15, 0.2) is 11.9 Å². The van der Waals surface area contributed by atoms with Crippen molar-refractivity contribution in [3.8, 4) is 0 Å². The summed E-state index contributed by atoms with van der Waals surface area (Å²) in [5.74, 6) is -5.95. The van der Waals surface area contributed by atoms with Gasteiger partial charge in [-0.3, -0.25) is 34.8 Å². The SMILES string of the molecule is N=C(N)NCCC[C@H](NC(=O)[C@H](CO)NC(=O)[C@@H](N)CO)C(=O)N[C@@H](CCCNC(=N)N)C(=O)N[C@@H](CCCCN)C(=O)N1CCC[C@H]1C(=O)O. The maximum atomic E-state index is 13.8. The number of carbonyl (C=O) groups is 6. The Morgan fingerprint density at radius 3 is 1.63 bits per heavy atom. The minimum atomic E-state index is -1.56. The number of carbonyl (C=O) groups excluding carboxylic acids is 5. The van der Waals surface area contributed by atoms with E-state index in [1.54, 1.807) is 0 Å². The summed E-state index contributed by atoms with van der Waals surface area (Å²) >= 11 is 0. The van der Waals surface area contributed by atoms with Crippen LogP contribution in [0.3, 0.4) is 0 Å². The van der Waals surface area contributed by atoms with Crippen LogP contribution in [-0.2, 0) is 28.8 Å². The van der Waals surface area contributed by atoms with Gasteiger partial charge in [-0.2, -0.15) is 0 Å². The predicted octanol–water partition coefficient (Wildman–Crippen LogP) is -6.03. The van der Waals surface area contributed by atoms with E-state index in [2.05, 4.69) is 31.9 Å². The van der Waals surface area contributed by atoms with Gasteiger partial charge in [-0.1, -0.05) is 0 Å². The minimum Gasteiger partial charge on any atom is -0.480 e. The molecule has 19 N–H and O–H groups in total. The number of aliphatic hydroxyl groups excluding tert-OH is 2. The topological polar surface area (TPSA) is 390 Å². The fourth-order valence-electron chi connectivity index (χ4n) is 5.21. The van der Waals surface area contributed by atoms with E-state index in [0.29, 0.717) is 25.8 Å². The number of amides is 5. The molecule has 0 aromatic heterocycles. The number of carboxylic acids is 1. The van der Waals surface area contributed by atoms with Crippen LogP contribution in [-0.4, -0.2) is 143 Å². The standard InChI is InChI=1S/C29H55N13O9/c30-10-2-1-6-19(26(49)42-13-5-9-21(42)27(50)51)40-24(47)18(8-4-12-37-29(34)35)38-23(46)17(7-3-11-36-28(32)33)39-25(48)20(15-44)41-22(45)16(31)14-43/h16-21,43-44H,1-15,30-31H2,(H,38,46)(H,39,48)(H,40,47)(H,41,45)(H,50,51)(H4,32,33,36)(H4,34,35,37)/t16-,17-,18-,19-,20-,21-/m0/s1. The molecule has 5 amide bonds. The summed E-state index contributed by atoms with van der Waals surface area (Å²) in [6.07, 6.45) is 2.14. The number of nitrogens with two attached hydrogens (primary N) is 4. The number of aliphatic hydroxyl groups is 2. The van der Waals surface area contributed by atoms with E-state index in [0.717, 1.165) is 0 Å². The number of guanidine groups is 2. The van der Waals surface area contributed by atoms with Crippen LogP contribution in [0.15, 0.2) is 0 Å². The Morgan fingerprint density at radius 2 is 1.18 bits per heavy atom. The molecule has 6 atom stereocenters. The number of likely N-dealkylation sites (tertiary alicyclic amines) is 1. The number of aliphatic carboxylic acids is 1. The zero-order chi connectivity index (χ0) is 38.5. The zero-order valence-electron chi connectivity index (χ0n) is 28.6. The summed E-state index contributed by atoms with van der Waals surface area (Å²) < 4.78 is 0. The van der Waals surface area contributed by atoms with E-state index in [9.17, 15) is 39.0 Å². The van der Waals surface area contributed by atoms with Crippen LogP contribution in [0.2, 0.25) is 0 Å². The lowest BCUT2D eigenvalue weighted by atomic mass is 10.0. The van der Waals surface area contributed by atoms with Crippen LogP contribution in [0, 0.1) is 10.8 Å².